The van der Waals surface area contributed by atoms with Gasteiger partial charge in [0.2, 0.25) is 0 Å². The number of amides is 2. The smallest absolute Gasteiger partial charge is 0.352 e. The molecule has 332 valence electrons. The fourth-order valence-electron chi connectivity index (χ4n) is 9.52. The van der Waals surface area contributed by atoms with Gasteiger partial charge < -0.3 is 33.5 Å². The van der Waals surface area contributed by atoms with Crippen molar-refractivity contribution in [3.8, 4) is 11.5 Å². The van der Waals surface area contributed by atoms with Gasteiger partial charge in [-0.15, -0.1) is 0 Å². The first-order valence-electron chi connectivity index (χ1n) is 22.1. The first-order valence-corrected chi connectivity index (χ1v) is 22.9. The lowest BCUT2D eigenvalue weighted by Crippen LogP contribution is -2.31. The lowest BCUT2D eigenvalue weighted by Gasteiger charge is -2.24. The van der Waals surface area contributed by atoms with Gasteiger partial charge in [0.15, 0.2) is 0 Å². The molecule has 0 saturated carbocycles. The summed E-state index contributed by atoms with van der Waals surface area (Å²) >= 11 is 13.4. The molecule has 2 amide bonds. The number of para-hydroxylation sites is 2. The molecule has 0 saturated heterocycles. The van der Waals surface area contributed by atoms with Crippen molar-refractivity contribution in [2.24, 2.45) is 0 Å². The van der Waals surface area contributed by atoms with Crippen LogP contribution in [-0.4, -0.2) is 46.2 Å². The number of aromatic nitrogens is 2. The second-order valence-electron chi connectivity index (χ2n) is 16.8. The molecular weight excluding hydrogens is 860 g/mol. The fourth-order valence-corrected chi connectivity index (χ4v) is 10.1. The highest BCUT2D eigenvalue weighted by Gasteiger charge is 2.31. The van der Waals surface area contributed by atoms with Crippen LogP contribution in [0.3, 0.4) is 0 Å². The molecule has 4 aromatic carbocycles. The van der Waals surface area contributed by atoms with Crippen LogP contribution in [0.25, 0.3) is 11.1 Å². The molecule has 6 aromatic rings. The largest absolute Gasteiger partial charge is 0.496 e. The Balaban J connectivity index is 0.000000165. The van der Waals surface area contributed by atoms with Crippen LogP contribution in [0.5, 0.6) is 11.5 Å². The molecule has 4 heterocycles. The number of carbonyl (C=O) groups is 3. The standard InChI is InChI=1S/C27H25ClN2O4.C26H25ClN2O2/c1-34-25-14-20(17-7-3-2-4-8-17)22(28)13-21(25)26(31)30-16-19-11-12-24(27(32)33)29(19)15-18-9-5-6-10-23(18)30;1-31-25-15-21(18-8-3-2-4-9-18)23(27)14-22(25)26(30)29-17-20-11-7-13-28(20)16-19-10-5-6-12-24(19)29/h5-7,9-14H,2-4,8,15-16H2,1H3,(H,32,33);5-8,10-15H,2-4,9,16-17H2,1H3. The fraction of sp³-hybridized carbons (Fsp3) is 0.264. The Morgan fingerprint density at radius 1 is 0.585 bits per heavy atom. The summed E-state index contributed by atoms with van der Waals surface area (Å²) < 4.78 is 15.3. The molecule has 0 fully saturated rings. The minimum atomic E-state index is -0.996. The van der Waals surface area contributed by atoms with E-state index in [1.807, 2.05) is 65.6 Å². The van der Waals surface area contributed by atoms with Crippen molar-refractivity contribution in [2.75, 3.05) is 24.0 Å². The Labute approximate surface area is 388 Å². The van der Waals surface area contributed by atoms with Crippen LogP contribution < -0.4 is 19.3 Å². The van der Waals surface area contributed by atoms with E-state index in [9.17, 15) is 19.5 Å². The van der Waals surface area contributed by atoms with Crippen LogP contribution in [0.1, 0.15) is 116 Å². The average Bonchev–Trinajstić information content (AvgIpc) is 3.87. The minimum Gasteiger partial charge on any atom is -0.496 e. The zero-order valence-corrected chi connectivity index (χ0v) is 38.0. The van der Waals surface area contributed by atoms with Crippen LogP contribution in [-0.2, 0) is 26.2 Å². The molecule has 0 radical (unpaired) electrons. The Hall–Kier alpha value is -6.49. The number of benzene rings is 4. The van der Waals surface area contributed by atoms with E-state index in [2.05, 4.69) is 35.0 Å². The van der Waals surface area contributed by atoms with Crippen molar-refractivity contribution in [1.82, 2.24) is 9.13 Å². The number of ether oxygens (including phenoxy) is 2. The number of rotatable bonds is 7. The quantitative estimate of drug-likeness (QED) is 0.171. The SMILES string of the molecule is COc1cc(C2=CCCCC2)c(Cl)cc1C(=O)N1Cc2ccc(C(=O)O)n2Cc2ccccc21.COc1cc(C2=CCCCC2)c(Cl)cc1C(=O)N1Cc2cccn2Cc2ccccc21. The molecule has 4 aliphatic rings. The van der Waals surface area contributed by atoms with Gasteiger partial charge in [-0.3, -0.25) is 9.59 Å². The summed E-state index contributed by atoms with van der Waals surface area (Å²) in [5.41, 5.74) is 10.9. The van der Waals surface area contributed by atoms with Gasteiger partial charge in [-0.25, -0.2) is 4.79 Å². The highest BCUT2D eigenvalue weighted by atomic mass is 35.5. The Morgan fingerprint density at radius 3 is 1.62 bits per heavy atom. The summed E-state index contributed by atoms with van der Waals surface area (Å²) in [6, 6.07) is 30.3. The van der Waals surface area contributed by atoms with Crippen LogP contribution in [0.15, 0.2) is 115 Å². The number of methoxy groups -OCH3 is 2. The maximum absolute atomic E-state index is 13.9. The van der Waals surface area contributed by atoms with Crippen molar-refractivity contribution in [3.05, 3.63) is 176 Å². The molecule has 2 aliphatic heterocycles. The van der Waals surface area contributed by atoms with Gasteiger partial charge >= 0.3 is 5.97 Å². The van der Waals surface area contributed by atoms with Gasteiger partial charge in [-0.1, -0.05) is 71.8 Å². The zero-order valence-electron chi connectivity index (χ0n) is 36.5. The van der Waals surface area contributed by atoms with E-state index < -0.39 is 5.97 Å². The van der Waals surface area contributed by atoms with Crippen molar-refractivity contribution in [1.29, 1.82) is 0 Å². The van der Waals surface area contributed by atoms with Gasteiger partial charge in [0, 0.05) is 45.5 Å². The molecule has 10 rings (SSSR count). The Bertz CT molecular complexity index is 2890. The monoisotopic (exact) mass is 908 g/mol. The summed E-state index contributed by atoms with van der Waals surface area (Å²) in [6.45, 7) is 1.84. The summed E-state index contributed by atoms with van der Waals surface area (Å²) in [4.78, 5) is 43.0. The number of hydrogen-bond acceptors (Lipinski definition) is 5. The van der Waals surface area contributed by atoms with E-state index in [0.29, 0.717) is 45.8 Å². The third-order valence-electron chi connectivity index (χ3n) is 12.9. The van der Waals surface area contributed by atoms with Crippen LogP contribution in [0, 0.1) is 0 Å². The number of nitrogens with zero attached hydrogens (tertiary/aromatic N) is 4. The number of hydrogen-bond donors (Lipinski definition) is 1. The third-order valence-corrected chi connectivity index (χ3v) is 13.5. The maximum Gasteiger partial charge on any atom is 0.352 e. The third kappa shape index (κ3) is 8.73. The van der Waals surface area contributed by atoms with E-state index in [-0.39, 0.29) is 24.1 Å². The Morgan fingerprint density at radius 2 is 1.11 bits per heavy atom. The number of carboxylic acids is 1. The number of allylic oxidation sites excluding steroid dienone is 4. The molecule has 12 heteroatoms. The highest BCUT2D eigenvalue weighted by molar-refractivity contribution is 6.33. The average molecular weight is 910 g/mol. The normalized spacial score (nSPS) is 15.3. The summed E-state index contributed by atoms with van der Waals surface area (Å²) in [7, 11) is 3.17. The van der Waals surface area contributed by atoms with E-state index in [4.69, 9.17) is 32.7 Å². The molecule has 1 N–H and O–H groups in total. The first-order chi connectivity index (χ1) is 31.6. The molecule has 0 atom stereocenters. The van der Waals surface area contributed by atoms with Gasteiger partial charge in [-0.2, -0.15) is 0 Å². The molecule has 2 aromatic heterocycles. The van der Waals surface area contributed by atoms with Crippen LogP contribution in [0.2, 0.25) is 10.0 Å². The summed E-state index contributed by atoms with van der Waals surface area (Å²) in [5.74, 6) is -0.316. The van der Waals surface area contributed by atoms with Gasteiger partial charge in [0.25, 0.3) is 11.8 Å². The van der Waals surface area contributed by atoms with Gasteiger partial charge in [0.1, 0.15) is 17.2 Å². The van der Waals surface area contributed by atoms with Crippen LogP contribution >= 0.6 is 23.2 Å². The Kier molecular flexibility index (Phi) is 12.7. The number of carboxylic acid groups (broad SMARTS) is 1. The molecule has 0 bridgehead atoms. The van der Waals surface area contributed by atoms with Crippen molar-refractivity contribution < 1.29 is 29.0 Å². The molecule has 10 nitrogen and oxygen atoms in total. The number of halogens is 2. The van der Waals surface area contributed by atoms with E-state index in [0.717, 1.165) is 90.1 Å². The molecule has 65 heavy (non-hydrogen) atoms. The zero-order chi connectivity index (χ0) is 45.2. The number of anilines is 2. The minimum absolute atomic E-state index is 0.106. The lowest BCUT2D eigenvalue weighted by atomic mass is 9.92. The predicted molar refractivity (Wildman–Crippen MR) is 257 cm³/mol. The summed E-state index contributed by atoms with van der Waals surface area (Å²) in [6.07, 6.45) is 15.3. The van der Waals surface area contributed by atoms with Crippen molar-refractivity contribution >= 4 is 63.5 Å². The van der Waals surface area contributed by atoms with E-state index >= 15 is 0 Å². The number of fused-ring (bicyclic) bond motifs is 4. The maximum atomic E-state index is 13.9. The van der Waals surface area contributed by atoms with E-state index in [1.165, 1.54) is 24.0 Å². The van der Waals surface area contributed by atoms with E-state index in [1.54, 1.807) is 48.0 Å². The molecule has 0 unspecified atom stereocenters. The number of aromatic carboxylic acids is 1. The topological polar surface area (TPSA) is 106 Å². The molecular formula is C53H50Cl2N4O6. The summed E-state index contributed by atoms with van der Waals surface area (Å²) in [5, 5.41) is 10.7. The van der Waals surface area contributed by atoms with Crippen molar-refractivity contribution in [3.63, 3.8) is 0 Å². The second-order valence-corrected chi connectivity index (χ2v) is 17.6. The molecule has 0 spiro atoms. The lowest BCUT2D eigenvalue weighted by molar-refractivity contribution is 0.0685. The van der Waals surface area contributed by atoms with Crippen molar-refractivity contribution in [2.45, 2.75) is 77.5 Å². The van der Waals surface area contributed by atoms with Crippen LogP contribution in [0.4, 0.5) is 11.4 Å². The van der Waals surface area contributed by atoms with Gasteiger partial charge in [-0.05, 0) is 145 Å². The highest BCUT2D eigenvalue weighted by Crippen LogP contribution is 2.40. The first kappa shape index (κ1) is 43.7. The number of carbonyl (C=O) groups excluding carboxylic acids is 2. The second kappa shape index (κ2) is 18.9. The molecule has 2 aliphatic carbocycles. The van der Waals surface area contributed by atoms with Gasteiger partial charge in [0.05, 0.1) is 45.0 Å². The predicted octanol–water partition coefficient (Wildman–Crippen LogP) is 12.3.